The Hall–Kier alpha value is -2.80. The predicted octanol–water partition coefficient (Wildman–Crippen LogP) is 4.08. The molecule has 1 fully saturated rings. The number of anilines is 2. The fourth-order valence-corrected chi connectivity index (χ4v) is 4.99. The third kappa shape index (κ3) is 8.10. The van der Waals surface area contributed by atoms with Crippen molar-refractivity contribution in [1.82, 2.24) is 10.2 Å². The smallest absolute Gasteiger partial charge is 0.387 e. The van der Waals surface area contributed by atoms with Crippen LogP contribution in [-0.4, -0.2) is 74.7 Å². The van der Waals surface area contributed by atoms with Gasteiger partial charge in [-0.15, -0.1) is 11.3 Å². The van der Waals surface area contributed by atoms with Gasteiger partial charge in [-0.2, -0.15) is 8.78 Å². The van der Waals surface area contributed by atoms with E-state index in [1.807, 2.05) is 25.7 Å². The van der Waals surface area contributed by atoms with Crippen molar-refractivity contribution in [2.45, 2.75) is 33.4 Å². The maximum atomic E-state index is 13.5. The standard InChI is InChI=1S/C25H31ClF2N4O5S/c1-4-31(13-15(2)3)18(12-29-24(35)20-7-8-21(26)38-20)23(34)30-17-6-5-16(11-19(17)37-25(27)28)32-9-10-36-14-22(32)33/h5-8,11,15,18,25H,4,9-10,12-14H2,1-3H3,(H,29,35)(H,30,34)/t18-/m1/s1. The fraction of sp³-hybridized carbons (Fsp3) is 0.480. The number of benzene rings is 1. The molecule has 1 aromatic carbocycles. The summed E-state index contributed by atoms with van der Waals surface area (Å²) in [5.74, 6) is -1.26. The lowest BCUT2D eigenvalue weighted by atomic mass is 10.1. The molecule has 3 amide bonds. The molecule has 2 aromatic rings. The summed E-state index contributed by atoms with van der Waals surface area (Å²) in [6, 6.07) is 6.64. The molecule has 9 nitrogen and oxygen atoms in total. The number of alkyl halides is 2. The lowest BCUT2D eigenvalue weighted by Gasteiger charge is -2.31. The largest absolute Gasteiger partial charge is 0.433 e. The first-order chi connectivity index (χ1) is 18.1. The van der Waals surface area contributed by atoms with E-state index in [0.29, 0.717) is 34.6 Å². The van der Waals surface area contributed by atoms with Gasteiger partial charge >= 0.3 is 6.61 Å². The van der Waals surface area contributed by atoms with Gasteiger partial charge in [-0.3, -0.25) is 19.3 Å². The molecule has 0 bridgehead atoms. The molecule has 2 heterocycles. The van der Waals surface area contributed by atoms with Crippen molar-refractivity contribution in [3.8, 4) is 5.75 Å². The van der Waals surface area contributed by atoms with Gasteiger partial charge in [-0.05, 0) is 36.7 Å². The number of amides is 3. The monoisotopic (exact) mass is 572 g/mol. The summed E-state index contributed by atoms with van der Waals surface area (Å²) < 4.78 is 36.8. The number of ether oxygens (including phenoxy) is 2. The zero-order chi connectivity index (χ0) is 27.8. The number of carbonyl (C=O) groups is 3. The molecule has 3 rings (SSSR count). The SMILES string of the molecule is CCN(CC(C)C)[C@H](CNC(=O)c1ccc(Cl)s1)C(=O)Nc1ccc(N2CCOCC2=O)cc1OC(F)F. The average molecular weight is 573 g/mol. The molecule has 1 aliphatic heterocycles. The van der Waals surface area contributed by atoms with E-state index in [1.165, 1.54) is 17.0 Å². The molecule has 0 aliphatic carbocycles. The Morgan fingerprint density at radius 2 is 2.03 bits per heavy atom. The van der Waals surface area contributed by atoms with E-state index in [4.69, 9.17) is 21.1 Å². The van der Waals surface area contributed by atoms with Crippen molar-refractivity contribution in [3.05, 3.63) is 39.5 Å². The summed E-state index contributed by atoms with van der Waals surface area (Å²) in [6.07, 6.45) is 0. The van der Waals surface area contributed by atoms with E-state index in [9.17, 15) is 23.2 Å². The summed E-state index contributed by atoms with van der Waals surface area (Å²) in [6.45, 7) is 4.26. The molecule has 2 N–H and O–H groups in total. The number of halogens is 3. The molecule has 38 heavy (non-hydrogen) atoms. The van der Waals surface area contributed by atoms with Crippen LogP contribution in [0.4, 0.5) is 20.2 Å². The van der Waals surface area contributed by atoms with E-state index in [2.05, 4.69) is 10.6 Å². The molecule has 1 saturated heterocycles. The van der Waals surface area contributed by atoms with Crippen molar-refractivity contribution in [2.24, 2.45) is 5.92 Å². The molecule has 1 atom stereocenters. The van der Waals surface area contributed by atoms with Gasteiger partial charge in [0.25, 0.3) is 11.8 Å². The molecule has 208 valence electrons. The second-order valence-electron chi connectivity index (χ2n) is 8.96. The van der Waals surface area contributed by atoms with E-state index >= 15 is 0 Å². The van der Waals surface area contributed by atoms with E-state index in [1.54, 1.807) is 18.2 Å². The van der Waals surface area contributed by atoms with Crippen LogP contribution in [0.2, 0.25) is 4.34 Å². The number of hydrogen-bond acceptors (Lipinski definition) is 7. The average Bonchev–Trinajstić information content (AvgIpc) is 3.30. The Morgan fingerprint density at radius 3 is 2.63 bits per heavy atom. The van der Waals surface area contributed by atoms with Gasteiger partial charge in [-0.1, -0.05) is 32.4 Å². The second-order valence-corrected chi connectivity index (χ2v) is 10.7. The second kappa shape index (κ2) is 13.8. The van der Waals surface area contributed by atoms with Gasteiger partial charge in [0, 0.05) is 31.4 Å². The normalized spacial score (nSPS) is 14.8. The molecule has 0 radical (unpaired) electrons. The number of morpholine rings is 1. The topological polar surface area (TPSA) is 100 Å². The number of carbonyl (C=O) groups excluding carboxylic acids is 3. The zero-order valence-corrected chi connectivity index (χ0v) is 22.9. The summed E-state index contributed by atoms with van der Waals surface area (Å²) in [5, 5.41) is 5.45. The van der Waals surface area contributed by atoms with Crippen molar-refractivity contribution in [3.63, 3.8) is 0 Å². The molecule has 0 saturated carbocycles. The maximum absolute atomic E-state index is 13.5. The molecule has 1 aliphatic rings. The Kier molecular flexibility index (Phi) is 10.8. The van der Waals surface area contributed by atoms with Crippen LogP contribution in [0.25, 0.3) is 0 Å². The first kappa shape index (κ1) is 29.8. The van der Waals surface area contributed by atoms with Crippen LogP contribution in [0, 0.1) is 5.92 Å². The Morgan fingerprint density at radius 1 is 1.26 bits per heavy atom. The van der Waals surface area contributed by atoms with E-state index in [-0.39, 0.29) is 48.9 Å². The van der Waals surface area contributed by atoms with Gasteiger partial charge in [0.05, 0.1) is 21.5 Å². The Balaban J connectivity index is 1.83. The van der Waals surface area contributed by atoms with Crippen molar-refractivity contribution in [2.75, 3.05) is 49.6 Å². The van der Waals surface area contributed by atoms with Crippen molar-refractivity contribution in [1.29, 1.82) is 0 Å². The minimum absolute atomic E-state index is 0.0155. The number of thiophene rings is 1. The molecule has 13 heteroatoms. The first-order valence-corrected chi connectivity index (χ1v) is 13.3. The minimum Gasteiger partial charge on any atom is -0.433 e. The van der Waals surface area contributed by atoms with E-state index < -0.39 is 18.6 Å². The zero-order valence-electron chi connectivity index (χ0n) is 21.3. The summed E-state index contributed by atoms with van der Waals surface area (Å²) >= 11 is 7.05. The summed E-state index contributed by atoms with van der Waals surface area (Å²) in [5.41, 5.74) is 0.363. The van der Waals surface area contributed by atoms with Gasteiger partial charge in [0.1, 0.15) is 12.6 Å². The highest BCUT2D eigenvalue weighted by molar-refractivity contribution is 7.18. The van der Waals surface area contributed by atoms with E-state index in [0.717, 1.165) is 11.3 Å². The third-order valence-corrected chi connectivity index (χ3v) is 6.97. The molecule has 1 aromatic heterocycles. The van der Waals surface area contributed by atoms with Crippen LogP contribution in [0.3, 0.4) is 0 Å². The van der Waals surface area contributed by atoms with Gasteiger partial charge < -0.3 is 25.0 Å². The highest BCUT2D eigenvalue weighted by Crippen LogP contribution is 2.32. The lowest BCUT2D eigenvalue weighted by molar-refractivity contribution is -0.125. The van der Waals surface area contributed by atoms with Crippen molar-refractivity contribution >= 4 is 52.0 Å². The number of nitrogens with one attached hydrogen (secondary N) is 2. The fourth-order valence-electron chi connectivity index (χ4n) is 4.03. The maximum Gasteiger partial charge on any atom is 0.387 e. The van der Waals surface area contributed by atoms with Crippen LogP contribution in [0.5, 0.6) is 5.75 Å². The van der Waals surface area contributed by atoms with Crippen LogP contribution >= 0.6 is 22.9 Å². The number of likely N-dealkylation sites (N-methyl/N-ethyl adjacent to an activating group) is 1. The lowest BCUT2D eigenvalue weighted by Crippen LogP contribution is -2.51. The highest BCUT2D eigenvalue weighted by atomic mass is 35.5. The summed E-state index contributed by atoms with van der Waals surface area (Å²) in [4.78, 5) is 42.0. The van der Waals surface area contributed by atoms with Gasteiger partial charge in [-0.25, -0.2) is 0 Å². The van der Waals surface area contributed by atoms with Crippen LogP contribution < -0.4 is 20.3 Å². The number of nitrogens with zero attached hydrogens (tertiary/aromatic N) is 2. The Bertz CT molecular complexity index is 1130. The first-order valence-electron chi connectivity index (χ1n) is 12.1. The van der Waals surface area contributed by atoms with Crippen molar-refractivity contribution < 1.29 is 32.6 Å². The highest BCUT2D eigenvalue weighted by Gasteiger charge is 2.28. The third-order valence-electron chi connectivity index (χ3n) is 5.74. The number of rotatable bonds is 12. The van der Waals surface area contributed by atoms with Crippen LogP contribution in [0.15, 0.2) is 30.3 Å². The van der Waals surface area contributed by atoms with Crippen LogP contribution in [-0.2, 0) is 14.3 Å². The quantitative estimate of drug-likeness (QED) is 0.398. The summed E-state index contributed by atoms with van der Waals surface area (Å²) in [7, 11) is 0. The molecular weight excluding hydrogens is 542 g/mol. The van der Waals surface area contributed by atoms with Gasteiger partial charge in [0.15, 0.2) is 5.75 Å². The minimum atomic E-state index is -3.15. The Labute approximate surface area is 229 Å². The van der Waals surface area contributed by atoms with Crippen LogP contribution in [0.1, 0.15) is 30.4 Å². The molecule has 0 spiro atoms. The predicted molar refractivity (Wildman–Crippen MR) is 142 cm³/mol. The van der Waals surface area contributed by atoms with Gasteiger partial charge in [0.2, 0.25) is 5.91 Å². The molecular formula is C25H31ClF2N4O5S. The number of hydrogen-bond donors (Lipinski definition) is 2. The molecule has 0 unspecified atom stereocenters.